The molecule has 0 fully saturated rings. The number of amides is 2. The number of carbonyl (C=O) groups excluding carboxylic acids is 2. The number of pyridine rings is 1. The van der Waals surface area contributed by atoms with E-state index in [-0.39, 0.29) is 30.7 Å². The normalized spacial score (nSPS) is 12.5. The minimum Gasteiger partial charge on any atom is -0.497 e. The van der Waals surface area contributed by atoms with Crippen LogP contribution in [-0.2, 0) is 30.8 Å². The lowest BCUT2D eigenvalue weighted by Crippen LogP contribution is -2.24. The van der Waals surface area contributed by atoms with Gasteiger partial charge in [0.05, 0.1) is 19.1 Å². The van der Waals surface area contributed by atoms with Gasteiger partial charge in [-0.3, -0.25) is 14.6 Å². The van der Waals surface area contributed by atoms with E-state index in [1.165, 1.54) is 12.1 Å². The fourth-order valence-electron chi connectivity index (χ4n) is 4.85. The molecule has 0 saturated carbocycles. The highest BCUT2D eigenvalue weighted by Crippen LogP contribution is 2.41. The number of rotatable bonds is 8. The van der Waals surface area contributed by atoms with Gasteiger partial charge in [-0.2, -0.15) is 0 Å². The van der Waals surface area contributed by atoms with Gasteiger partial charge in [0.25, 0.3) is 5.91 Å². The topological polar surface area (TPSA) is 72.0 Å². The molecule has 0 atom stereocenters. The number of halogens is 1. The van der Waals surface area contributed by atoms with Crippen LogP contribution in [0.3, 0.4) is 0 Å². The van der Waals surface area contributed by atoms with Crippen LogP contribution >= 0.6 is 0 Å². The number of ether oxygens (including phenoxy) is 2. The van der Waals surface area contributed by atoms with Crippen LogP contribution in [-0.4, -0.2) is 54.9 Å². The molecule has 0 saturated heterocycles. The highest BCUT2D eigenvalue weighted by atomic mass is 19.1. The molecule has 8 heteroatoms. The molecule has 1 aliphatic heterocycles. The first-order valence-electron chi connectivity index (χ1n) is 12.7. The van der Waals surface area contributed by atoms with Crippen LogP contribution < -0.4 is 9.47 Å². The van der Waals surface area contributed by atoms with E-state index in [4.69, 9.17) is 14.5 Å². The highest BCUT2D eigenvalue weighted by Gasteiger charge is 2.34. The summed E-state index contributed by atoms with van der Waals surface area (Å²) in [4.78, 5) is 34.2. The molecule has 2 amide bonds. The SMILES string of the molecule is COc1ccc(COc2c3c(c(CC(=O)N(C)C)c4cc(Cc5ccc(F)cc5)cnc24)CN(C)C3=O)cc1. The van der Waals surface area contributed by atoms with Crippen molar-refractivity contribution in [3.63, 3.8) is 0 Å². The van der Waals surface area contributed by atoms with Crippen molar-refractivity contribution in [3.8, 4) is 11.5 Å². The van der Waals surface area contributed by atoms with Crippen LogP contribution in [0.2, 0.25) is 0 Å². The number of methoxy groups -OCH3 is 1. The van der Waals surface area contributed by atoms with Gasteiger partial charge >= 0.3 is 0 Å². The van der Waals surface area contributed by atoms with E-state index >= 15 is 0 Å². The Kier molecular flexibility index (Phi) is 7.19. The second-order valence-corrected chi connectivity index (χ2v) is 9.97. The van der Waals surface area contributed by atoms with E-state index in [2.05, 4.69) is 0 Å². The molecular formula is C31H30FN3O4. The van der Waals surface area contributed by atoms with Crippen molar-refractivity contribution in [1.82, 2.24) is 14.8 Å². The average Bonchev–Trinajstić information content (AvgIpc) is 3.23. The molecule has 5 rings (SSSR count). The summed E-state index contributed by atoms with van der Waals surface area (Å²) in [5, 5.41) is 0.774. The molecule has 0 unspecified atom stereocenters. The van der Waals surface area contributed by atoms with Gasteiger partial charge < -0.3 is 19.3 Å². The van der Waals surface area contributed by atoms with Crippen molar-refractivity contribution < 1.29 is 23.5 Å². The van der Waals surface area contributed by atoms with Gasteiger partial charge in [0.1, 0.15) is 23.7 Å². The molecule has 0 radical (unpaired) electrons. The number of carbonyl (C=O) groups is 2. The van der Waals surface area contributed by atoms with Crippen LogP contribution in [0.5, 0.6) is 11.5 Å². The third kappa shape index (κ3) is 5.27. The number of benzene rings is 3. The smallest absolute Gasteiger partial charge is 0.258 e. The van der Waals surface area contributed by atoms with Gasteiger partial charge in [-0.15, -0.1) is 0 Å². The molecule has 2 heterocycles. The zero-order chi connectivity index (χ0) is 27.7. The summed E-state index contributed by atoms with van der Waals surface area (Å²) in [5.74, 6) is 0.637. The monoisotopic (exact) mass is 527 g/mol. The maximum Gasteiger partial charge on any atom is 0.258 e. The predicted octanol–water partition coefficient (Wildman–Crippen LogP) is 4.77. The van der Waals surface area contributed by atoms with Crippen LogP contribution in [0, 0.1) is 5.82 Å². The first-order chi connectivity index (χ1) is 18.7. The first kappa shape index (κ1) is 26.2. The van der Waals surface area contributed by atoms with Crippen molar-refractivity contribution in [2.45, 2.75) is 26.0 Å². The predicted molar refractivity (Wildman–Crippen MR) is 146 cm³/mol. The molecule has 0 aliphatic carbocycles. The number of aromatic nitrogens is 1. The third-order valence-electron chi connectivity index (χ3n) is 7.02. The summed E-state index contributed by atoms with van der Waals surface area (Å²) in [5.41, 5.74) is 5.32. The number of hydrogen-bond acceptors (Lipinski definition) is 5. The quantitative estimate of drug-likeness (QED) is 0.330. The minimum atomic E-state index is -0.289. The Morgan fingerprint density at radius 3 is 2.41 bits per heavy atom. The standard InChI is InChI=1S/C31H30FN3O4/c1-34(2)27(36)15-24-25-14-21(13-19-5-9-22(32)10-6-19)16-33-29(25)30(28-26(24)17-35(3)31(28)37)39-18-20-7-11-23(38-4)12-8-20/h5-12,14,16H,13,15,17-18H2,1-4H3. The van der Waals surface area contributed by atoms with E-state index in [0.717, 1.165) is 39.0 Å². The molecule has 1 aliphatic rings. The van der Waals surface area contributed by atoms with Gasteiger partial charge in [-0.25, -0.2) is 4.39 Å². The zero-order valence-corrected chi connectivity index (χ0v) is 22.5. The van der Waals surface area contributed by atoms with Gasteiger partial charge in [-0.05, 0) is 64.6 Å². The fraction of sp³-hybridized carbons (Fsp3) is 0.258. The third-order valence-corrected chi connectivity index (χ3v) is 7.02. The van der Waals surface area contributed by atoms with Gasteiger partial charge in [0, 0.05) is 39.3 Å². The Balaban J connectivity index is 1.64. The number of fused-ring (bicyclic) bond motifs is 2. The Bertz CT molecular complexity index is 1550. The van der Waals surface area contributed by atoms with E-state index in [9.17, 15) is 14.0 Å². The van der Waals surface area contributed by atoms with Crippen LogP contribution in [0.15, 0.2) is 60.8 Å². The molecule has 0 bridgehead atoms. The second kappa shape index (κ2) is 10.7. The summed E-state index contributed by atoms with van der Waals surface area (Å²) in [6.07, 6.45) is 2.43. The maximum atomic E-state index is 13.4. The molecule has 200 valence electrons. The lowest BCUT2D eigenvalue weighted by atomic mass is 9.92. The van der Waals surface area contributed by atoms with Crippen LogP contribution in [0.25, 0.3) is 10.9 Å². The van der Waals surface area contributed by atoms with Crippen LogP contribution in [0.1, 0.15) is 38.2 Å². The molecular weight excluding hydrogens is 497 g/mol. The van der Waals surface area contributed by atoms with Gasteiger partial charge in [0.2, 0.25) is 5.91 Å². The van der Waals surface area contributed by atoms with Crippen molar-refractivity contribution in [2.24, 2.45) is 0 Å². The number of likely N-dealkylation sites (N-methyl/N-ethyl adjacent to an activating group) is 1. The molecule has 39 heavy (non-hydrogen) atoms. The maximum absolute atomic E-state index is 13.4. The Hall–Kier alpha value is -4.46. The second-order valence-electron chi connectivity index (χ2n) is 9.97. The van der Waals surface area contributed by atoms with E-state index in [1.54, 1.807) is 56.4 Å². The Morgan fingerprint density at radius 1 is 1.05 bits per heavy atom. The Labute approximate surface area is 226 Å². The summed E-state index contributed by atoms with van der Waals surface area (Å²) in [6, 6.07) is 15.9. The molecule has 3 aromatic carbocycles. The lowest BCUT2D eigenvalue weighted by molar-refractivity contribution is -0.127. The zero-order valence-electron chi connectivity index (χ0n) is 22.5. The van der Waals surface area contributed by atoms with E-state index in [0.29, 0.717) is 29.8 Å². The molecule has 4 aromatic rings. The lowest BCUT2D eigenvalue weighted by Gasteiger charge is -2.19. The molecule has 0 spiro atoms. The Morgan fingerprint density at radius 2 is 1.74 bits per heavy atom. The summed E-state index contributed by atoms with van der Waals surface area (Å²) in [7, 11) is 6.78. The largest absolute Gasteiger partial charge is 0.497 e. The summed E-state index contributed by atoms with van der Waals surface area (Å²) >= 11 is 0. The first-order valence-corrected chi connectivity index (χ1v) is 12.7. The average molecular weight is 528 g/mol. The highest BCUT2D eigenvalue weighted by molar-refractivity contribution is 6.08. The van der Waals surface area contributed by atoms with Crippen molar-refractivity contribution in [1.29, 1.82) is 0 Å². The molecule has 7 nitrogen and oxygen atoms in total. The summed E-state index contributed by atoms with van der Waals surface area (Å²) < 4.78 is 25.0. The van der Waals surface area contributed by atoms with E-state index in [1.807, 2.05) is 30.3 Å². The summed E-state index contributed by atoms with van der Waals surface area (Å²) in [6.45, 7) is 0.610. The van der Waals surface area contributed by atoms with Crippen molar-refractivity contribution >= 4 is 22.7 Å². The van der Waals surface area contributed by atoms with Crippen LogP contribution in [0.4, 0.5) is 4.39 Å². The molecule has 1 aromatic heterocycles. The minimum absolute atomic E-state index is 0.0728. The van der Waals surface area contributed by atoms with Gasteiger partial charge in [0.15, 0.2) is 5.75 Å². The van der Waals surface area contributed by atoms with Crippen molar-refractivity contribution in [2.75, 3.05) is 28.3 Å². The molecule has 0 N–H and O–H groups in total. The van der Waals surface area contributed by atoms with E-state index < -0.39 is 0 Å². The van der Waals surface area contributed by atoms with Crippen molar-refractivity contribution in [3.05, 3.63) is 100.0 Å². The number of nitrogens with zero attached hydrogens (tertiary/aromatic N) is 3. The van der Waals surface area contributed by atoms with Gasteiger partial charge in [-0.1, -0.05) is 24.3 Å². The number of hydrogen-bond donors (Lipinski definition) is 0. The fourth-order valence-corrected chi connectivity index (χ4v) is 4.85.